The first-order valence-corrected chi connectivity index (χ1v) is 9.52. The lowest BCUT2D eigenvalue weighted by Gasteiger charge is -2.34. The van der Waals surface area contributed by atoms with Gasteiger partial charge in [-0.3, -0.25) is 14.7 Å². The van der Waals surface area contributed by atoms with Gasteiger partial charge in [0.15, 0.2) is 5.96 Å². The number of rotatable bonds is 6. The molecular weight excluding hydrogens is 536 g/mol. The van der Waals surface area contributed by atoms with Crippen LogP contribution in [-0.4, -0.2) is 74.2 Å². The first-order valence-electron chi connectivity index (χ1n) is 9.52. The molecule has 2 N–H and O–H groups in total. The van der Waals surface area contributed by atoms with Gasteiger partial charge in [-0.15, -0.1) is 24.0 Å². The molecule has 176 valence electrons. The Kier molecular flexibility index (Phi) is 10.9. The van der Waals surface area contributed by atoms with Gasteiger partial charge >= 0.3 is 6.18 Å². The molecule has 0 aliphatic carbocycles. The fraction of sp³-hybridized carbons (Fsp3) is 0.579. The van der Waals surface area contributed by atoms with E-state index < -0.39 is 30.3 Å². The normalized spacial score (nSPS) is 17.6. The minimum absolute atomic E-state index is 0. The minimum atomic E-state index is -4.46. The molecule has 1 unspecified atom stereocenters. The maximum Gasteiger partial charge on any atom is 0.406 e. The van der Waals surface area contributed by atoms with E-state index in [0.717, 1.165) is 19.9 Å². The summed E-state index contributed by atoms with van der Waals surface area (Å²) >= 11 is 0. The van der Waals surface area contributed by atoms with E-state index in [0.29, 0.717) is 18.0 Å². The summed E-state index contributed by atoms with van der Waals surface area (Å²) < 4.78 is 64.9. The van der Waals surface area contributed by atoms with Crippen LogP contribution in [0.4, 0.5) is 22.0 Å². The van der Waals surface area contributed by atoms with Gasteiger partial charge in [0, 0.05) is 38.8 Å². The molecule has 1 aliphatic heterocycles. The standard InChI is InChI=1S/C19H26F5N5O.HI/c1-25-18(26-9-17(30)28(2)12-19(22,23)24)27-13-5-4-8-29(10-13)11-14-15(20)6-3-7-16(14)21;/h3,6-7,13H,4-5,8-12H2,1-2H3,(H2,25,26,27);1H. The average Bonchev–Trinajstić information content (AvgIpc) is 2.66. The van der Waals surface area contributed by atoms with Crippen LogP contribution in [-0.2, 0) is 11.3 Å². The smallest absolute Gasteiger partial charge is 0.352 e. The summed E-state index contributed by atoms with van der Waals surface area (Å²) in [6, 6.07) is 3.66. The van der Waals surface area contributed by atoms with Gasteiger partial charge in [-0.05, 0) is 31.5 Å². The van der Waals surface area contributed by atoms with Crippen LogP contribution in [0.15, 0.2) is 23.2 Å². The van der Waals surface area contributed by atoms with Crippen molar-refractivity contribution in [2.75, 3.05) is 40.3 Å². The van der Waals surface area contributed by atoms with Gasteiger partial charge < -0.3 is 15.5 Å². The predicted molar refractivity (Wildman–Crippen MR) is 118 cm³/mol. The van der Waals surface area contributed by atoms with Crippen LogP contribution in [0.25, 0.3) is 0 Å². The van der Waals surface area contributed by atoms with Crippen LogP contribution < -0.4 is 10.6 Å². The molecule has 1 saturated heterocycles. The zero-order valence-electron chi connectivity index (χ0n) is 17.3. The highest BCUT2D eigenvalue weighted by Crippen LogP contribution is 2.18. The predicted octanol–water partition coefficient (Wildman–Crippen LogP) is 2.73. The topological polar surface area (TPSA) is 60.0 Å². The fourth-order valence-electron chi connectivity index (χ4n) is 3.26. The van der Waals surface area contributed by atoms with Crippen molar-refractivity contribution < 1.29 is 26.7 Å². The Morgan fingerprint density at radius 2 is 1.94 bits per heavy atom. The minimum Gasteiger partial charge on any atom is -0.352 e. The number of benzene rings is 1. The van der Waals surface area contributed by atoms with Gasteiger partial charge in [-0.25, -0.2) is 8.78 Å². The zero-order chi connectivity index (χ0) is 22.3. The maximum absolute atomic E-state index is 13.9. The number of piperidine rings is 1. The first kappa shape index (κ1) is 27.3. The van der Waals surface area contributed by atoms with Gasteiger partial charge in [0.05, 0.1) is 6.54 Å². The monoisotopic (exact) mass is 563 g/mol. The zero-order valence-corrected chi connectivity index (χ0v) is 19.6. The molecule has 0 radical (unpaired) electrons. The lowest BCUT2D eigenvalue weighted by atomic mass is 10.0. The highest BCUT2D eigenvalue weighted by atomic mass is 127. The number of hydrogen-bond acceptors (Lipinski definition) is 3. The largest absolute Gasteiger partial charge is 0.406 e. The highest BCUT2D eigenvalue weighted by Gasteiger charge is 2.31. The molecule has 1 aromatic rings. The maximum atomic E-state index is 13.9. The molecule has 6 nitrogen and oxygen atoms in total. The molecule has 1 atom stereocenters. The fourth-order valence-corrected chi connectivity index (χ4v) is 3.26. The second-order valence-corrected chi connectivity index (χ2v) is 7.21. The number of carbonyl (C=O) groups excluding carboxylic acids is 1. The second kappa shape index (κ2) is 12.4. The number of alkyl halides is 3. The number of guanidine groups is 1. The third-order valence-electron chi connectivity index (χ3n) is 4.76. The van der Waals surface area contributed by atoms with Gasteiger partial charge in [0.2, 0.25) is 5.91 Å². The number of aliphatic imine (C=N–C) groups is 1. The lowest BCUT2D eigenvalue weighted by Crippen LogP contribution is -2.52. The molecule has 1 heterocycles. The van der Waals surface area contributed by atoms with E-state index in [9.17, 15) is 26.7 Å². The lowest BCUT2D eigenvalue weighted by molar-refractivity contribution is -0.157. The molecule has 12 heteroatoms. The van der Waals surface area contributed by atoms with Crippen molar-refractivity contribution in [1.82, 2.24) is 20.4 Å². The quantitative estimate of drug-likeness (QED) is 0.242. The molecule has 0 aromatic heterocycles. The Hall–Kier alpha value is -1.70. The van der Waals surface area contributed by atoms with Crippen molar-refractivity contribution in [3.63, 3.8) is 0 Å². The molecular formula is C19H27F5IN5O. The van der Waals surface area contributed by atoms with E-state index in [1.807, 2.05) is 4.90 Å². The third-order valence-corrected chi connectivity index (χ3v) is 4.76. The van der Waals surface area contributed by atoms with E-state index in [1.54, 1.807) is 0 Å². The van der Waals surface area contributed by atoms with Gasteiger partial charge in [0.1, 0.15) is 18.2 Å². The summed E-state index contributed by atoms with van der Waals surface area (Å²) in [6.45, 7) is -0.370. The van der Waals surface area contributed by atoms with Crippen LogP contribution in [0.5, 0.6) is 0 Å². The van der Waals surface area contributed by atoms with Crippen molar-refractivity contribution >= 4 is 35.8 Å². The molecule has 1 aromatic carbocycles. The van der Waals surface area contributed by atoms with Gasteiger partial charge in [0.25, 0.3) is 0 Å². The summed E-state index contributed by atoms with van der Waals surface area (Å²) in [5, 5.41) is 5.82. The molecule has 0 saturated carbocycles. The van der Waals surface area contributed by atoms with E-state index in [1.165, 1.54) is 25.2 Å². The third kappa shape index (κ3) is 9.13. The number of hydrogen-bond donors (Lipinski definition) is 2. The number of amides is 1. The first-order chi connectivity index (χ1) is 14.1. The molecule has 1 fully saturated rings. The average molecular weight is 563 g/mol. The van der Waals surface area contributed by atoms with E-state index in [-0.39, 0.29) is 54.6 Å². The summed E-state index contributed by atoms with van der Waals surface area (Å²) in [5.41, 5.74) is 0.0129. The number of carbonyl (C=O) groups is 1. The van der Waals surface area contributed by atoms with Crippen molar-refractivity contribution in [2.45, 2.75) is 31.6 Å². The Morgan fingerprint density at radius 3 is 2.52 bits per heavy atom. The van der Waals surface area contributed by atoms with E-state index in [4.69, 9.17) is 0 Å². The molecule has 0 bridgehead atoms. The van der Waals surface area contributed by atoms with Gasteiger partial charge in [-0.1, -0.05) is 6.07 Å². The Balaban J connectivity index is 0.00000480. The molecule has 0 spiro atoms. The van der Waals surface area contributed by atoms with Crippen LogP contribution in [0.2, 0.25) is 0 Å². The van der Waals surface area contributed by atoms with Crippen LogP contribution >= 0.6 is 24.0 Å². The number of likely N-dealkylation sites (N-methyl/N-ethyl adjacent to an activating group) is 1. The Bertz CT molecular complexity index is 741. The second-order valence-electron chi connectivity index (χ2n) is 7.21. The van der Waals surface area contributed by atoms with Crippen molar-refractivity contribution in [2.24, 2.45) is 4.99 Å². The van der Waals surface area contributed by atoms with Crippen molar-refractivity contribution in [3.8, 4) is 0 Å². The van der Waals surface area contributed by atoms with Crippen LogP contribution in [0, 0.1) is 11.6 Å². The number of nitrogens with one attached hydrogen (secondary N) is 2. The molecule has 1 amide bonds. The summed E-state index contributed by atoms with van der Waals surface area (Å²) in [6.07, 6.45) is -2.90. The number of nitrogens with zero attached hydrogens (tertiary/aromatic N) is 3. The van der Waals surface area contributed by atoms with Crippen LogP contribution in [0.1, 0.15) is 18.4 Å². The van der Waals surface area contributed by atoms with Crippen LogP contribution in [0.3, 0.4) is 0 Å². The van der Waals surface area contributed by atoms with E-state index in [2.05, 4.69) is 15.6 Å². The van der Waals surface area contributed by atoms with Crippen molar-refractivity contribution in [1.29, 1.82) is 0 Å². The molecule has 1 aliphatic rings. The molecule has 31 heavy (non-hydrogen) atoms. The SMILES string of the molecule is CN=C(NCC(=O)N(C)CC(F)(F)F)NC1CCCN(Cc2c(F)cccc2F)C1.I. The number of likely N-dealkylation sites (tertiary alicyclic amines) is 1. The summed E-state index contributed by atoms with van der Waals surface area (Å²) in [4.78, 5) is 18.3. The van der Waals surface area contributed by atoms with Gasteiger partial charge in [-0.2, -0.15) is 13.2 Å². The number of halogens is 6. The Labute approximate surface area is 195 Å². The summed E-state index contributed by atoms with van der Waals surface area (Å²) in [5.74, 6) is -1.64. The van der Waals surface area contributed by atoms with Crippen molar-refractivity contribution in [3.05, 3.63) is 35.4 Å². The van der Waals surface area contributed by atoms with E-state index >= 15 is 0 Å². The Morgan fingerprint density at radius 1 is 1.29 bits per heavy atom. The highest BCUT2D eigenvalue weighted by molar-refractivity contribution is 14.0. The summed E-state index contributed by atoms with van der Waals surface area (Å²) in [7, 11) is 2.56. The molecule has 2 rings (SSSR count).